The van der Waals surface area contributed by atoms with E-state index in [1.54, 1.807) is 44.0 Å². The molecule has 0 spiro atoms. The highest BCUT2D eigenvalue weighted by molar-refractivity contribution is 8.03. The molecule has 0 aromatic carbocycles. The second kappa shape index (κ2) is 8.06. The van der Waals surface area contributed by atoms with Crippen molar-refractivity contribution in [2.75, 3.05) is 13.0 Å². The average Bonchev–Trinajstić information content (AvgIpc) is 3.03. The van der Waals surface area contributed by atoms with Crippen molar-refractivity contribution in [3.05, 3.63) is 36.9 Å². The molecule has 0 aliphatic rings. The van der Waals surface area contributed by atoms with Crippen LogP contribution in [0.1, 0.15) is 0 Å². The lowest BCUT2D eigenvalue weighted by Crippen LogP contribution is -2.10. The summed E-state index contributed by atoms with van der Waals surface area (Å²) in [7, 11) is 1.56. The van der Waals surface area contributed by atoms with Crippen molar-refractivity contribution in [2.24, 2.45) is 0 Å². The van der Waals surface area contributed by atoms with Gasteiger partial charge in [-0.3, -0.25) is 0 Å². The summed E-state index contributed by atoms with van der Waals surface area (Å²) in [6.07, 6.45) is 6.65. The molecule has 0 saturated carbocycles. The van der Waals surface area contributed by atoms with Gasteiger partial charge >= 0.3 is 0 Å². The largest absolute Gasteiger partial charge is 0.400 e. The Balaban J connectivity index is 0.000000181. The molecule has 0 amide bonds. The van der Waals surface area contributed by atoms with Crippen LogP contribution in [0.4, 0.5) is 0 Å². The molecule has 2 heterocycles. The first kappa shape index (κ1) is 12.9. The molecule has 7 nitrogen and oxygen atoms in total. The number of nitriles is 1. The Kier molecular flexibility index (Phi) is 6.13. The highest BCUT2D eigenvalue weighted by atomic mass is 32.2. The molecule has 2 aromatic rings. The van der Waals surface area contributed by atoms with Gasteiger partial charge in [0.05, 0.1) is 24.8 Å². The first-order chi connectivity index (χ1) is 8.36. The van der Waals surface area contributed by atoms with E-state index < -0.39 is 0 Å². The van der Waals surface area contributed by atoms with Crippen LogP contribution in [0.2, 0.25) is 0 Å². The van der Waals surface area contributed by atoms with Crippen LogP contribution in [0, 0.1) is 10.7 Å². The van der Waals surface area contributed by atoms with Crippen LogP contribution in [0.3, 0.4) is 0 Å². The Morgan fingerprint density at radius 3 is 2.29 bits per heavy atom. The first-order valence-electron chi connectivity index (χ1n) is 4.54. The van der Waals surface area contributed by atoms with Crippen LogP contribution in [-0.2, 0) is 0 Å². The van der Waals surface area contributed by atoms with Gasteiger partial charge in [-0.2, -0.15) is 5.26 Å². The number of hydrogen-bond acceptors (Lipinski definition) is 6. The van der Waals surface area contributed by atoms with Crippen LogP contribution in [0.15, 0.2) is 36.9 Å². The minimum absolute atomic E-state index is 0.304. The summed E-state index contributed by atoms with van der Waals surface area (Å²) in [6, 6.07) is 3.54. The van der Waals surface area contributed by atoms with Gasteiger partial charge in [-0.05, 0) is 23.9 Å². The summed E-state index contributed by atoms with van der Waals surface area (Å²) >= 11 is 1.03. The number of aromatic nitrogens is 4. The fraction of sp³-hybridized carbons (Fsp3) is 0.222. The van der Waals surface area contributed by atoms with Gasteiger partial charge in [0.25, 0.3) is 0 Å². The Labute approximate surface area is 102 Å². The molecule has 8 heteroatoms. The number of nitrogens with zero attached hydrogens (tertiary/aromatic N) is 5. The summed E-state index contributed by atoms with van der Waals surface area (Å²) in [5, 5.41) is 17.5. The quantitative estimate of drug-likeness (QED) is 0.446. The summed E-state index contributed by atoms with van der Waals surface area (Å²) < 4.78 is 0. The van der Waals surface area contributed by atoms with E-state index in [9.17, 15) is 0 Å². The van der Waals surface area contributed by atoms with E-state index in [0.717, 1.165) is 11.8 Å². The monoisotopic (exact) mass is 253 g/mol. The van der Waals surface area contributed by atoms with E-state index in [-0.39, 0.29) is 0 Å². The lowest BCUT2D eigenvalue weighted by atomic mass is 10.8. The molecule has 0 aliphatic heterocycles. The summed E-state index contributed by atoms with van der Waals surface area (Å²) in [6.45, 7) is 0. The SMILES string of the molecule is COn1cccn1.N#CSCOn1cccn1. The third-order valence-electron chi connectivity index (χ3n) is 1.46. The van der Waals surface area contributed by atoms with Crippen molar-refractivity contribution in [2.45, 2.75) is 0 Å². The maximum atomic E-state index is 8.10. The van der Waals surface area contributed by atoms with Gasteiger partial charge in [0.2, 0.25) is 0 Å². The van der Waals surface area contributed by atoms with Crippen LogP contribution >= 0.6 is 11.8 Å². The maximum absolute atomic E-state index is 8.10. The van der Waals surface area contributed by atoms with Gasteiger partial charge in [0, 0.05) is 0 Å². The number of hydrogen-bond donors (Lipinski definition) is 0. The topological polar surface area (TPSA) is 77.9 Å². The fourth-order valence-corrected chi connectivity index (χ4v) is 1.01. The molecule has 0 saturated heterocycles. The number of thiocyanates is 1. The molecule has 2 rings (SSSR count). The molecule has 0 bridgehead atoms. The minimum Gasteiger partial charge on any atom is -0.400 e. The van der Waals surface area contributed by atoms with Gasteiger partial charge in [0.1, 0.15) is 12.5 Å². The second-order valence-corrected chi connectivity index (χ2v) is 3.19. The number of thioether (sulfide) groups is 1. The van der Waals surface area contributed by atoms with Crippen molar-refractivity contribution >= 4 is 11.8 Å². The van der Waals surface area contributed by atoms with Gasteiger partial charge in [-0.1, -0.05) is 0 Å². The Morgan fingerprint density at radius 1 is 1.24 bits per heavy atom. The van der Waals surface area contributed by atoms with Crippen molar-refractivity contribution < 1.29 is 9.68 Å². The van der Waals surface area contributed by atoms with Gasteiger partial charge in [-0.25, -0.2) is 0 Å². The molecule has 0 N–H and O–H groups in total. The fourth-order valence-electron chi connectivity index (χ4n) is 0.801. The summed E-state index contributed by atoms with van der Waals surface area (Å²) in [5.41, 5.74) is 0. The molecule has 90 valence electrons. The lowest BCUT2D eigenvalue weighted by molar-refractivity contribution is 0.121. The molecule has 0 unspecified atom stereocenters. The Bertz CT molecular complexity index is 423. The molecular weight excluding hydrogens is 242 g/mol. The van der Waals surface area contributed by atoms with Crippen molar-refractivity contribution in [3.63, 3.8) is 0 Å². The molecule has 0 aliphatic carbocycles. The second-order valence-electron chi connectivity index (χ2n) is 2.48. The van der Waals surface area contributed by atoms with E-state index in [1.807, 2.05) is 5.40 Å². The molecule has 0 radical (unpaired) electrons. The van der Waals surface area contributed by atoms with Gasteiger partial charge in [0.15, 0.2) is 5.94 Å². The first-order valence-corrected chi connectivity index (χ1v) is 5.53. The average molecular weight is 253 g/mol. The standard InChI is InChI=1S/C5H5N3OS.C4H6N2O/c6-4-10-5-9-8-3-1-2-7-8;1-7-6-4-2-3-5-6/h1-3H,5H2;2-4H,1H3. The zero-order valence-electron chi connectivity index (χ0n) is 9.13. The van der Waals surface area contributed by atoms with Gasteiger partial charge < -0.3 is 9.68 Å². The Morgan fingerprint density at radius 2 is 1.88 bits per heavy atom. The normalized spacial score (nSPS) is 8.71. The van der Waals surface area contributed by atoms with Crippen LogP contribution in [0.25, 0.3) is 0 Å². The third kappa shape index (κ3) is 5.48. The molecule has 17 heavy (non-hydrogen) atoms. The zero-order valence-corrected chi connectivity index (χ0v) is 9.95. The van der Waals surface area contributed by atoms with Crippen LogP contribution in [0.5, 0.6) is 0 Å². The van der Waals surface area contributed by atoms with Crippen molar-refractivity contribution in [1.29, 1.82) is 5.26 Å². The van der Waals surface area contributed by atoms with E-state index >= 15 is 0 Å². The van der Waals surface area contributed by atoms with Crippen LogP contribution < -0.4 is 9.68 Å². The summed E-state index contributed by atoms with van der Waals surface area (Å²) in [5.74, 6) is 0.304. The maximum Gasteiger partial charge on any atom is 0.176 e. The van der Waals surface area contributed by atoms with Crippen LogP contribution in [-0.4, -0.2) is 32.9 Å². The highest BCUT2D eigenvalue weighted by Gasteiger charge is 1.87. The Hall–Kier alpha value is -2.14. The van der Waals surface area contributed by atoms with E-state index in [0.29, 0.717) is 5.94 Å². The minimum atomic E-state index is 0.304. The van der Waals surface area contributed by atoms with E-state index in [1.165, 1.54) is 9.69 Å². The molecule has 2 aromatic heterocycles. The lowest BCUT2D eigenvalue weighted by Gasteiger charge is -1.98. The molecule has 0 atom stereocenters. The van der Waals surface area contributed by atoms with Crippen molar-refractivity contribution in [1.82, 2.24) is 19.9 Å². The van der Waals surface area contributed by atoms with Gasteiger partial charge in [-0.15, -0.1) is 19.9 Å². The van der Waals surface area contributed by atoms with E-state index in [4.69, 9.17) is 10.1 Å². The van der Waals surface area contributed by atoms with E-state index in [2.05, 4.69) is 15.0 Å². The molecule has 0 fully saturated rings. The number of rotatable bonds is 4. The predicted molar refractivity (Wildman–Crippen MR) is 61.6 cm³/mol. The third-order valence-corrected chi connectivity index (χ3v) is 1.81. The zero-order chi connectivity index (χ0) is 12.3. The predicted octanol–water partition coefficient (Wildman–Crippen LogP) is 0.425. The summed E-state index contributed by atoms with van der Waals surface area (Å²) in [4.78, 5) is 12.3. The van der Waals surface area contributed by atoms with Crippen molar-refractivity contribution in [3.8, 4) is 5.40 Å². The highest BCUT2D eigenvalue weighted by Crippen LogP contribution is 1.92. The smallest absolute Gasteiger partial charge is 0.176 e. The molecular formula is C9H11N5O2S.